The van der Waals surface area contributed by atoms with E-state index < -0.39 is 11.7 Å². The molecule has 0 fully saturated rings. The Bertz CT molecular complexity index is 618. The van der Waals surface area contributed by atoms with Gasteiger partial charge < -0.3 is 5.32 Å². The van der Waals surface area contributed by atoms with Gasteiger partial charge in [-0.1, -0.05) is 6.07 Å². The number of hydrogen-bond donors (Lipinski definition) is 1. The molecule has 0 spiro atoms. The number of anilines is 1. The molecule has 1 aromatic heterocycles. The van der Waals surface area contributed by atoms with Crippen molar-refractivity contribution in [2.24, 2.45) is 0 Å². The van der Waals surface area contributed by atoms with E-state index in [1.807, 2.05) is 19.9 Å². The Labute approximate surface area is 111 Å². The minimum atomic E-state index is -0.526. The molecule has 19 heavy (non-hydrogen) atoms. The number of benzene rings is 1. The topological polar surface area (TPSA) is 42.0 Å². The fraction of sp³-hybridized carbons (Fsp3) is 0.200. The zero-order valence-electron chi connectivity index (χ0n) is 11.1. The quantitative estimate of drug-likeness (QED) is 0.897. The molecule has 0 saturated heterocycles. The molecule has 1 aromatic carbocycles. The Morgan fingerprint density at radius 1 is 1.11 bits per heavy atom. The molecule has 2 rings (SSSR count). The van der Waals surface area contributed by atoms with Crippen molar-refractivity contribution in [1.29, 1.82) is 0 Å². The van der Waals surface area contributed by atoms with E-state index in [-0.39, 0.29) is 5.56 Å². The second-order valence-electron chi connectivity index (χ2n) is 4.61. The smallest absolute Gasteiger partial charge is 0.259 e. The molecule has 98 valence electrons. The molecule has 0 aliphatic rings. The summed E-state index contributed by atoms with van der Waals surface area (Å²) in [6.45, 7) is 5.53. The third-order valence-corrected chi connectivity index (χ3v) is 2.71. The van der Waals surface area contributed by atoms with Crippen molar-refractivity contribution in [3.8, 4) is 0 Å². The molecular formula is C15H15FN2O. The molecule has 1 N–H and O–H groups in total. The number of rotatable bonds is 2. The van der Waals surface area contributed by atoms with Crippen LogP contribution in [0, 0.1) is 26.6 Å². The van der Waals surface area contributed by atoms with E-state index in [1.54, 1.807) is 19.1 Å². The van der Waals surface area contributed by atoms with Gasteiger partial charge in [-0.15, -0.1) is 0 Å². The predicted octanol–water partition coefficient (Wildman–Crippen LogP) is 3.40. The van der Waals surface area contributed by atoms with Gasteiger partial charge in [-0.2, -0.15) is 0 Å². The van der Waals surface area contributed by atoms with Gasteiger partial charge in [0.25, 0.3) is 5.91 Å². The molecular weight excluding hydrogens is 243 g/mol. The monoisotopic (exact) mass is 258 g/mol. The number of carbonyl (C=O) groups is 1. The molecule has 0 aliphatic heterocycles. The van der Waals surface area contributed by atoms with Gasteiger partial charge in [-0.3, -0.25) is 4.79 Å². The van der Waals surface area contributed by atoms with Crippen LogP contribution in [0.3, 0.4) is 0 Å². The van der Waals surface area contributed by atoms with Crippen LogP contribution in [-0.4, -0.2) is 10.9 Å². The Balaban J connectivity index is 2.25. The molecule has 3 nitrogen and oxygen atoms in total. The first-order valence-corrected chi connectivity index (χ1v) is 5.98. The highest BCUT2D eigenvalue weighted by atomic mass is 19.1. The van der Waals surface area contributed by atoms with Gasteiger partial charge in [0, 0.05) is 5.69 Å². The van der Waals surface area contributed by atoms with E-state index in [2.05, 4.69) is 10.3 Å². The number of amides is 1. The van der Waals surface area contributed by atoms with Crippen LogP contribution in [0.2, 0.25) is 0 Å². The first-order chi connectivity index (χ1) is 8.95. The van der Waals surface area contributed by atoms with Gasteiger partial charge >= 0.3 is 0 Å². The van der Waals surface area contributed by atoms with Gasteiger partial charge in [-0.05, 0) is 56.2 Å². The third-order valence-electron chi connectivity index (χ3n) is 2.71. The molecule has 1 amide bonds. The lowest BCUT2D eigenvalue weighted by Crippen LogP contribution is -2.15. The SMILES string of the molecule is Cc1cc(C)nc(NC(=O)c2ccc(C)cc2F)c1. The summed E-state index contributed by atoms with van der Waals surface area (Å²) >= 11 is 0. The molecule has 1 heterocycles. The van der Waals surface area contributed by atoms with Crippen LogP contribution in [0.4, 0.5) is 10.2 Å². The summed E-state index contributed by atoms with van der Waals surface area (Å²) in [5.41, 5.74) is 2.59. The van der Waals surface area contributed by atoms with Crippen molar-refractivity contribution in [1.82, 2.24) is 4.98 Å². The summed E-state index contributed by atoms with van der Waals surface area (Å²) in [5.74, 6) is -0.584. The first kappa shape index (κ1) is 13.2. The third kappa shape index (κ3) is 3.16. The van der Waals surface area contributed by atoms with Gasteiger partial charge in [0.15, 0.2) is 0 Å². The zero-order chi connectivity index (χ0) is 14.0. The van der Waals surface area contributed by atoms with Crippen molar-refractivity contribution < 1.29 is 9.18 Å². The lowest BCUT2D eigenvalue weighted by atomic mass is 10.1. The first-order valence-electron chi connectivity index (χ1n) is 5.98. The normalized spacial score (nSPS) is 10.3. The highest BCUT2D eigenvalue weighted by Crippen LogP contribution is 2.14. The summed E-state index contributed by atoms with van der Waals surface area (Å²) < 4.78 is 13.7. The van der Waals surface area contributed by atoms with Gasteiger partial charge in [0.05, 0.1) is 5.56 Å². The summed E-state index contributed by atoms with van der Waals surface area (Å²) in [7, 11) is 0. The van der Waals surface area contributed by atoms with Crippen LogP contribution in [0.15, 0.2) is 30.3 Å². The highest BCUT2D eigenvalue weighted by molar-refractivity contribution is 6.04. The molecule has 0 saturated carbocycles. The molecule has 0 atom stereocenters. The zero-order valence-corrected chi connectivity index (χ0v) is 11.1. The average molecular weight is 258 g/mol. The Morgan fingerprint density at radius 2 is 1.84 bits per heavy atom. The van der Waals surface area contributed by atoms with Crippen LogP contribution in [-0.2, 0) is 0 Å². The fourth-order valence-electron chi connectivity index (χ4n) is 1.89. The molecule has 0 unspecified atom stereocenters. The standard InChI is InChI=1S/C15H15FN2O/c1-9-4-5-12(13(16)7-9)15(19)18-14-8-10(2)6-11(3)17-14/h4-8H,1-3H3,(H,17,18,19). The maximum atomic E-state index is 13.7. The van der Waals surface area contributed by atoms with Crippen LogP contribution in [0.1, 0.15) is 27.2 Å². The van der Waals surface area contributed by atoms with E-state index in [9.17, 15) is 9.18 Å². The van der Waals surface area contributed by atoms with E-state index >= 15 is 0 Å². The van der Waals surface area contributed by atoms with E-state index in [0.29, 0.717) is 5.82 Å². The minimum absolute atomic E-state index is 0.0200. The molecule has 0 bridgehead atoms. The average Bonchev–Trinajstić information content (AvgIpc) is 2.26. The summed E-state index contributed by atoms with van der Waals surface area (Å²) in [6, 6.07) is 8.17. The molecule has 4 heteroatoms. The van der Waals surface area contributed by atoms with Gasteiger partial charge in [0.2, 0.25) is 0 Å². The lowest BCUT2D eigenvalue weighted by Gasteiger charge is -2.07. The Morgan fingerprint density at radius 3 is 2.47 bits per heavy atom. The number of carbonyl (C=O) groups excluding carboxylic acids is 1. The summed E-state index contributed by atoms with van der Waals surface area (Å²) in [4.78, 5) is 16.2. The van der Waals surface area contributed by atoms with Crippen molar-refractivity contribution in [3.63, 3.8) is 0 Å². The number of aromatic nitrogens is 1. The second-order valence-corrected chi connectivity index (χ2v) is 4.61. The highest BCUT2D eigenvalue weighted by Gasteiger charge is 2.12. The van der Waals surface area contributed by atoms with Crippen molar-refractivity contribution in [2.45, 2.75) is 20.8 Å². The van der Waals surface area contributed by atoms with Gasteiger partial charge in [0.1, 0.15) is 11.6 Å². The number of aryl methyl sites for hydroxylation is 3. The van der Waals surface area contributed by atoms with Crippen molar-refractivity contribution in [3.05, 3.63) is 58.5 Å². The van der Waals surface area contributed by atoms with Crippen LogP contribution in [0.25, 0.3) is 0 Å². The van der Waals surface area contributed by atoms with E-state index in [4.69, 9.17) is 0 Å². The summed E-state index contributed by atoms with van der Waals surface area (Å²) in [6.07, 6.45) is 0. The molecule has 0 aliphatic carbocycles. The maximum Gasteiger partial charge on any atom is 0.259 e. The van der Waals surface area contributed by atoms with Crippen LogP contribution >= 0.6 is 0 Å². The number of nitrogens with one attached hydrogen (secondary N) is 1. The number of hydrogen-bond acceptors (Lipinski definition) is 2. The summed E-state index contributed by atoms with van der Waals surface area (Å²) in [5, 5.41) is 2.61. The van der Waals surface area contributed by atoms with Crippen molar-refractivity contribution in [2.75, 3.05) is 5.32 Å². The van der Waals surface area contributed by atoms with Crippen LogP contribution < -0.4 is 5.32 Å². The fourth-order valence-corrected chi connectivity index (χ4v) is 1.89. The van der Waals surface area contributed by atoms with E-state index in [0.717, 1.165) is 16.8 Å². The second kappa shape index (κ2) is 5.18. The number of pyridine rings is 1. The van der Waals surface area contributed by atoms with Crippen LogP contribution in [0.5, 0.6) is 0 Å². The minimum Gasteiger partial charge on any atom is -0.306 e. The number of nitrogens with zero attached hydrogens (tertiary/aromatic N) is 1. The Hall–Kier alpha value is -2.23. The number of halogens is 1. The van der Waals surface area contributed by atoms with Gasteiger partial charge in [-0.25, -0.2) is 9.37 Å². The molecule has 2 aromatic rings. The lowest BCUT2D eigenvalue weighted by molar-refractivity contribution is 0.102. The van der Waals surface area contributed by atoms with Crippen molar-refractivity contribution >= 4 is 11.7 Å². The molecule has 0 radical (unpaired) electrons. The largest absolute Gasteiger partial charge is 0.306 e. The predicted molar refractivity (Wildman–Crippen MR) is 72.8 cm³/mol. The Kier molecular flexibility index (Phi) is 3.60. The van der Waals surface area contributed by atoms with E-state index in [1.165, 1.54) is 12.1 Å². The maximum absolute atomic E-state index is 13.7.